The van der Waals surface area contributed by atoms with Crippen molar-refractivity contribution in [1.29, 1.82) is 0 Å². The van der Waals surface area contributed by atoms with Crippen molar-refractivity contribution in [3.05, 3.63) is 101 Å². The third kappa shape index (κ3) is 5.14. The Morgan fingerprint density at radius 1 is 0.941 bits per heavy atom. The molecule has 2 amide bonds. The van der Waals surface area contributed by atoms with Crippen molar-refractivity contribution >= 4 is 40.7 Å². The Balaban J connectivity index is 1.54. The van der Waals surface area contributed by atoms with Gasteiger partial charge in [-0.15, -0.1) is 0 Å². The highest BCUT2D eigenvalue weighted by atomic mass is 35.5. The number of nitrogens with zero attached hydrogens (tertiary/aromatic N) is 3. The van der Waals surface area contributed by atoms with Gasteiger partial charge in [-0.05, 0) is 43.3 Å². The first-order valence-corrected chi connectivity index (χ1v) is 11.5. The van der Waals surface area contributed by atoms with E-state index < -0.39 is 0 Å². The van der Waals surface area contributed by atoms with Crippen LogP contribution in [0.5, 0.6) is 0 Å². The van der Waals surface area contributed by atoms with Crippen LogP contribution in [-0.4, -0.2) is 39.6 Å². The normalized spacial score (nSPS) is 10.7. The van der Waals surface area contributed by atoms with Crippen LogP contribution in [0.3, 0.4) is 0 Å². The second-order valence-corrected chi connectivity index (χ2v) is 8.32. The molecule has 3 aromatic carbocycles. The predicted octanol–water partition coefficient (Wildman–Crippen LogP) is 5.95. The lowest BCUT2D eigenvalue weighted by molar-refractivity contribution is -0.116. The van der Waals surface area contributed by atoms with Crippen LogP contribution in [0.25, 0.3) is 16.9 Å². The van der Waals surface area contributed by atoms with Crippen molar-refractivity contribution in [3.8, 4) is 16.9 Å². The number of carbonyl (C=O) groups excluding carboxylic acids is 2. The largest absolute Gasteiger partial charge is 0.330 e. The molecule has 34 heavy (non-hydrogen) atoms. The molecule has 1 heterocycles. The summed E-state index contributed by atoms with van der Waals surface area (Å²) in [6.07, 6.45) is 1.72. The van der Waals surface area contributed by atoms with Crippen LogP contribution in [0.2, 0.25) is 10.0 Å². The number of aromatic nitrogens is 2. The monoisotopic (exact) mass is 492 g/mol. The van der Waals surface area contributed by atoms with E-state index in [9.17, 15) is 9.59 Å². The van der Waals surface area contributed by atoms with Gasteiger partial charge in [-0.25, -0.2) is 4.68 Å². The first-order chi connectivity index (χ1) is 16.5. The SMILES string of the molecule is CCN(CC(=O)Nc1c(Cl)cccc1Cl)C(=O)c1cccc(-n2nccc2-c2ccccc2)c1. The van der Waals surface area contributed by atoms with Crippen molar-refractivity contribution in [3.63, 3.8) is 0 Å². The number of nitrogens with one attached hydrogen (secondary N) is 1. The van der Waals surface area contributed by atoms with E-state index in [-0.39, 0.29) is 18.4 Å². The van der Waals surface area contributed by atoms with Gasteiger partial charge < -0.3 is 10.2 Å². The number of halogens is 2. The summed E-state index contributed by atoms with van der Waals surface area (Å²) in [5, 5.41) is 7.80. The summed E-state index contributed by atoms with van der Waals surface area (Å²) < 4.78 is 1.79. The van der Waals surface area contributed by atoms with E-state index in [2.05, 4.69) is 10.4 Å². The zero-order valence-corrected chi connectivity index (χ0v) is 19.9. The van der Waals surface area contributed by atoms with Gasteiger partial charge in [0.1, 0.15) is 6.54 Å². The van der Waals surface area contributed by atoms with Crippen LogP contribution < -0.4 is 5.32 Å². The Bertz CT molecular complexity index is 1300. The standard InChI is InChI=1S/C26H22Cl2N4O2/c1-2-31(17-24(33)30-25-21(27)12-7-13-22(25)28)26(34)19-10-6-11-20(16-19)32-23(14-15-29-32)18-8-4-3-5-9-18/h3-16H,2,17H2,1H3,(H,30,33). The van der Waals surface area contributed by atoms with Gasteiger partial charge in [-0.2, -0.15) is 5.10 Å². The van der Waals surface area contributed by atoms with Crippen molar-refractivity contribution in [1.82, 2.24) is 14.7 Å². The minimum absolute atomic E-state index is 0.141. The molecule has 8 heteroatoms. The number of hydrogen-bond acceptors (Lipinski definition) is 3. The molecular formula is C26H22Cl2N4O2. The topological polar surface area (TPSA) is 67.2 Å². The molecule has 1 N–H and O–H groups in total. The smallest absolute Gasteiger partial charge is 0.254 e. The van der Waals surface area contributed by atoms with Crippen molar-refractivity contribution in [2.24, 2.45) is 0 Å². The van der Waals surface area contributed by atoms with Gasteiger partial charge in [0.2, 0.25) is 5.91 Å². The number of likely N-dealkylation sites (N-methyl/N-ethyl adjacent to an activating group) is 1. The van der Waals surface area contributed by atoms with Gasteiger partial charge in [-0.3, -0.25) is 9.59 Å². The molecular weight excluding hydrogens is 471 g/mol. The summed E-state index contributed by atoms with van der Waals surface area (Å²) in [4.78, 5) is 27.3. The molecule has 0 atom stereocenters. The van der Waals surface area contributed by atoms with E-state index in [0.717, 1.165) is 16.9 Å². The van der Waals surface area contributed by atoms with Crippen molar-refractivity contribution in [2.45, 2.75) is 6.92 Å². The Labute approximate surface area is 207 Å². The van der Waals surface area contributed by atoms with E-state index in [1.165, 1.54) is 4.90 Å². The van der Waals surface area contributed by atoms with Gasteiger partial charge in [0.05, 0.1) is 33.3 Å². The Hall–Kier alpha value is -3.61. The fourth-order valence-electron chi connectivity index (χ4n) is 3.59. The fourth-order valence-corrected chi connectivity index (χ4v) is 4.08. The lowest BCUT2D eigenvalue weighted by atomic mass is 10.1. The summed E-state index contributed by atoms with van der Waals surface area (Å²) in [5.41, 5.74) is 3.46. The maximum absolute atomic E-state index is 13.2. The molecule has 4 aromatic rings. The number of rotatable bonds is 7. The number of carbonyl (C=O) groups is 2. The highest BCUT2D eigenvalue weighted by Crippen LogP contribution is 2.29. The second-order valence-electron chi connectivity index (χ2n) is 7.51. The van der Waals surface area contributed by atoms with Gasteiger partial charge in [0.25, 0.3) is 5.91 Å². The van der Waals surface area contributed by atoms with E-state index in [4.69, 9.17) is 23.2 Å². The number of hydrogen-bond donors (Lipinski definition) is 1. The zero-order valence-electron chi connectivity index (χ0n) is 18.4. The summed E-state index contributed by atoms with van der Waals surface area (Å²) in [6, 6.07) is 24.0. The number of amides is 2. The zero-order chi connectivity index (χ0) is 24.1. The average Bonchev–Trinajstić information content (AvgIpc) is 3.35. The van der Waals surface area contributed by atoms with Gasteiger partial charge in [0, 0.05) is 17.7 Å². The lowest BCUT2D eigenvalue weighted by Crippen LogP contribution is -2.38. The molecule has 0 fully saturated rings. The highest BCUT2D eigenvalue weighted by molar-refractivity contribution is 6.39. The minimum Gasteiger partial charge on any atom is -0.330 e. The fraction of sp³-hybridized carbons (Fsp3) is 0.115. The highest BCUT2D eigenvalue weighted by Gasteiger charge is 2.20. The Kier molecular flexibility index (Phi) is 7.30. The molecule has 0 radical (unpaired) electrons. The molecule has 172 valence electrons. The first-order valence-electron chi connectivity index (χ1n) is 10.7. The average molecular weight is 493 g/mol. The second kappa shape index (κ2) is 10.5. The summed E-state index contributed by atoms with van der Waals surface area (Å²) in [7, 11) is 0. The predicted molar refractivity (Wildman–Crippen MR) is 136 cm³/mol. The van der Waals surface area contributed by atoms with Crippen LogP contribution in [0.4, 0.5) is 5.69 Å². The number of anilines is 1. The van der Waals surface area contributed by atoms with E-state index in [0.29, 0.717) is 27.8 Å². The molecule has 0 aliphatic heterocycles. The van der Waals surface area contributed by atoms with Crippen LogP contribution in [-0.2, 0) is 4.79 Å². The maximum atomic E-state index is 13.2. The van der Waals surface area contributed by atoms with Crippen molar-refractivity contribution < 1.29 is 9.59 Å². The molecule has 0 spiro atoms. The molecule has 0 bridgehead atoms. The molecule has 0 aliphatic rings. The van der Waals surface area contributed by atoms with Crippen LogP contribution in [0.15, 0.2) is 85.1 Å². The number of benzene rings is 3. The van der Waals surface area contributed by atoms with Gasteiger partial charge >= 0.3 is 0 Å². The molecule has 0 saturated carbocycles. The summed E-state index contributed by atoms with van der Waals surface area (Å²) in [6.45, 7) is 2.03. The molecule has 1 aromatic heterocycles. The minimum atomic E-state index is -0.389. The maximum Gasteiger partial charge on any atom is 0.254 e. The quantitative estimate of drug-likeness (QED) is 0.346. The van der Waals surface area contributed by atoms with E-state index >= 15 is 0 Å². The summed E-state index contributed by atoms with van der Waals surface area (Å²) in [5.74, 6) is -0.655. The number of para-hydroxylation sites is 1. The molecule has 4 rings (SSSR count). The van der Waals surface area contributed by atoms with Gasteiger partial charge in [0.15, 0.2) is 0 Å². The van der Waals surface area contributed by atoms with Crippen LogP contribution in [0.1, 0.15) is 17.3 Å². The Morgan fingerprint density at radius 3 is 2.35 bits per heavy atom. The van der Waals surface area contributed by atoms with E-state index in [1.807, 2.05) is 49.4 Å². The van der Waals surface area contributed by atoms with E-state index in [1.54, 1.807) is 47.3 Å². The Morgan fingerprint density at radius 2 is 1.65 bits per heavy atom. The van der Waals surface area contributed by atoms with Crippen LogP contribution in [0, 0.1) is 0 Å². The molecule has 0 unspecified atom stereocenters. The van der Waals surface area contributed by atoms with Gasteiger partial charge in [-0.1, -0.05) is 65.7 Å². The third-order valence-electron chi connectivity index (χ3n) is 5.28. The third-order valence-corrected chi connectivity index (χ3v) is 5.91. The first kappa shape index (κ1) is 23.5. The molecule has 0 saturated heterocycles. The van der Waals surface area contributed by atoms with Crippen molar-refractivity contribution in [2.75, 3.05) is 18.4 Å². The van der Waals surface area contributed by atoms with Crippen LogP contribution >= 0.6 is 23.2 Å². The summed E-state index contributed by atoms with van der Waals surface area (Å²) >= 11 is 12.3. The molecule has 6 nitrogen and oxygen atoms in total. The molecule has 0 aliphatic carbocycles. The lowest BCUT2D eigenvalue weighted by Gasteiger charge is -2.21.